The molecule has 1 amide bonds. The minimum Gasteiger partial charge on any atom is -0.375 e. The van der Waals surface area contributed by atoms with Crippen molar-refractivity contribution in [3.63, 3.8) is 0 Å². The van der Waals surface area contributed by atoms with E-state index < -0.39 is 0 Å². The molecule has 1 aliphatic rings. The molecule has 0 radical (unpaired) electrons. The van der Waals surface area contributed by atoms with Gasteiger partial charge in [-0.25, -0.2) is 0 Å². The summed E-state index contributed by atoms with van der Waals surface area (Å²) in [5.74, 6) is -0.300. The molecule has 6 heteroatoms. The van der Waals surface area contributed by atoms with Gasteiger partial charge in [0, 0.05) is 36.3 Å². The molecule has 3 heterocycles. The fraction of sp³-hybridized carbons (Fsp3) is 0.393. The summed E-state index contributed by atoms with van der Waals surface area (Å²) in [6, 6.07) is 17.5. The van der Waals surface area contributed by atoms with Crippen molar-refractivity contribution in [2.24, 2.45) is 0 Å². The van der Waals surface area contributed by atoms with Crippen molar-refractivity contribution < 1.29 is 9.53 Å². The van der Waals surface area contributed by atoms with Gasteiger partial charge in [-0.05, 0) is 64.2 Å². The van der Waals surface area contributed by atoms with Gasteiger partial charge in [0.1, 0.15) is 5.56 Å². The molecule has 0 saturated carbocycles. The van der Waals surface area contributed by atoms with E-state index in [9.17, 15) is 9.59 Å². The molecule has 0 aliphatic carbocycles. The first kappa shape index (κ1) is 23.9. The van der Waals surface area contributed by atoms with E-state index in [0.29, 0.717) is 26.0 Å². The van der Waals surface area contributed by atoms with Crippen molar-refractivity contribution in [1.29, 1.82) is 0 Å². The monoisotopic (exact) mass is 459 g/mol. The molecule has 6 nitrogen and oxygen atoms in total. The third-order valence-electron chi connectivity index (χ3n) is 6.43. The molecule has 1 aliphatic heterocycles. The summed E-state index contributed by atoms with van der Waals surface area (Å²) >= 11 is 0. The Morgan fingerprint density at radius 3 is 2.62 bits per heavy atom. The number of hydrogen-bond donors (Lipinski definition) is 1. The number of ether oxygens (including phenoxy) is 1. The zero-order valence-electron chi connectivity index (χ0n) is 20.2. The Kier molecular flexibility index (Phi) is 7.27. The molecule has 0 bridgehead atoms. The Labute approximate surface area is 201 Å². The van der Waals surface area contributed by atoms with Crippen LogP contribution in [-0.4, -0.2) is 33.7 Å². The highest BCUT2D eigenvalue weighted by Crippen LogP contribution is 2.24. The van der Waals surface area contributed by atoms with Crippen LogP contribution in [0.15, 0.2) is 65.6 Å². The van der Waals surface area contributed by atoms with Gasteiger partial charge in [-0.1, -0.05) is 36.4 Å². The molecular formula is C28H33N3O3. The Hall–Kier alpha value is -3.25. The van der Waals surface area contributed by atoms with Crippen molar-refractivity contribution in [2.75, 3.05) is 6.61 Å². The lowest BCUT2D eigenvalue weighted by molar-refractivity contribution is -0.0615. The number of carbonyl (C=O) groups is 1. The van der Waals surface area contributed by atoms with E-state index >= 15 is 0 Å². The standard InChI is InChI=1S/C28H33N3O3/c1-20-17-25(32)26(27(33)30-22-14-16-34-28(2,3)18-22)24(13-12-21-9-5-4-6-10-21)31(20)19-23-11-7-8-15-29-23/h4-11,15,17,22H,12-14,16,18-19H2,1-3H3,(H,30,33)/t22-/m1/s1. The van der Waals surface area contributed by atoms with Crippen molar-refractivity contribution in [2.45, 2.75) is 64.6 Å². The van der Waals surface area contributed by atoms with Crippen LogP contribution in [0.1, 0.15) is 59.7 Å². The lowest BCUT2D eigenvalue weighted by Gasteiger charge is -2.35. The molecule has 1 fully saturated rings. The second-order valence-electron chi connectivity index (χ2n) is 9.64. The van der Waals surface area contributed by atoms with Crippen LogP contribution >= 0.6 is 0 Å². The summed E-state index contributed by atoms with van der Waals surface area (Å²) in [6.07, 6.45) is 4.53. The summed E-state index contributed by atoms with van der Waals surface area (Å²) in [7, 11) is 0. The maximum Gasteiger partial charge on any atom is 0.257 e. The van der Waals surface area contributed by atoms with Crippen molar-refractivity contribution >= 4 is 5.91 Å². The first-order valence-corrected chi connectivity index (χ1v) is 11.9. The van der Waals surface area contributed by atoms with Gasteiger partial charge in [0.25, 0.3) is 5.91 Å². The van der Waals surface area contributed by atoms with Crippen LogP contribution in [0.2, 0.25) is 0 Å². The van der Waals surface area contributed by atoms with Gasteiger partial charge in [-0.2, -0.15) is 0 Å². The fourth-order valence-electron chi connectivity index (χ4n) is 4.73. The topological polar surface area (TPSA) is 73.2 Å². The number of carbonyl (C=O) groups excluding carboxylic acids is 1. The molecule has 3 aromatic rings. The van der Waals surface area contributed by atoms with Crippen LogP contribution in [-0.2, 0) is 24.1 Å². The van der Waals surface area contributed by atoms with Crippen LogP contribution < -0.4 is 10.7 Å². The zero-order chi connectivity index (χ0) is 24.1. The molecule has 1 N–H and O–H groups in total. The normalized spacial score (nSPS) is 17.3. The number of nitrogens with one attached hydrogen (secondary N) is 1. The zero-order valence-corrected chi connectivity index (χ0v) is 20.2. The van der Waals surface area contributed by atoms with Crippen LogP contribution in [0.25, 0.3) is 0 Å². The Morgan fingerprint density at radius 1 is 1.15 bits per heavy atom. The van der Waals surface area contributed by atoms with Gasteiger partial charge in [0.15, 0.2) is 5.43 Å². The van der Waals surface area contributed by atoms with E-state index in [-0.39, 0.29) is 28.5 Å². The SMILES string of the molecule is Cc1cc(=O)c(C(=O)N[C@@H]2CCOC(C)(C)C2)c(CCc2ccccc2)n1Cc1ccccn1. The first-order valence-electron chi connectivity index (χ1n) is 11.9. The molecule has 1 aromatic carbocycles. The van der Waals surface area contributed by atoms with Gasteiger partial charge < -0.3 is 14.6 Å². The second-order valence-corrected chi connectivity index (χ2v) is 9.64. The molecule has 1 atom stereocenters. The summed E-state index contributed by atoms with van der Waals surface area (Å²) in [4.78, 5) is 31.2. The van der Waals surface area contributed by atoms with Crippen molar-refractivity contribution in [3.05, 3.63) is 99.2 Å². The predicted octanol–water partition coefficient (Wildman–Crippen LogP) is 4.07. The summed E-state index contributed by atoms with van der Waals surface area (Å²) in [6.45, 7) is 7.07. The average Bonchev–Trinajstić information content (AvgIpc) is 2.80. The van der Waals surface area contributed by atoms with Crippen LogP contribution in [0, 0.1) is 6.92 Å². The molecule has 178 valence electrons. The van der Waals surface area contributed by atoms with Gasteiger partial charge in [0.2, 0.25) is 0 Å². The summed E-state index contributed by atoms with van der Waals surface area (Å²) < 4.78 is 7.86. The molecule has 34 heavy (non-hydrogen) atoms. The average molecular weight is 460 g/mol. The van der Waals surface area contributed by atoms with Crippen LogP contribution in [0.5, 0.6) is 0 Å². The third kappa shape index (κ3) is 5.81. The van der Waals surface area contributed by atoms with Crippen LogP contribution in [0.4, 0.5) is 0 Å². The van der Waals surface area contributed by atoms with E-state index in [1.165, 1.54) is 5.56 Å². The van der Waals surface area contributed by atoms with Gasteiger partial charge in [0.05, 0.1) is 17.8 Å². The number of rotatable bonds is 7. The number of nitrogens with zero attached hydrogens (tertiary/aromatic N) is 2. The van der Waals surface area contributed by atoms with Crippen molar-refractivity contribution in [3.8, 4) is 0 Å². The van der Waals surface area contributed by atoms with E-state index in [1.54, 1.807) is 12.3 Å². The number of aryl methyl sites for hydroxylation is 2. The first-order chi connectivity index (χ1) is 16.3. The molecule has 4 rings (SSSR count). The molecular weight excluding hydrogens is 426 g/mol. The van der Waals surface area contributed by atoms with E-state index in [4.69, 9.17) is 4.74 Å². The number of pyridine rings is 2. The molecule has 0 spiro atoms. The maximum atomic E-state index is 13.5. The Morgan fingerprint density at radius 2 is 1.91 bits per heavy atom. The quantitative estimate of drug-likeness (QED) is 0.578. The summed E-state index contributed by atoms with van der Waals surface area (Å²) in [5, 5.41) is 3.13. The van der Waals surface area contributed by atoms with Crippen molar-refractivity contribution in [1.82, 2.24) is 14.9 Å². The summed E-state index contributed by atoms with van der Waals surface area (Å²) in [5.41, 5.74) is 3.33. The smallest absolute Gasteiger partial charge is 0.257 e. The van der Waals surface area contributed by atoms with Gasteiger partial charge in [-0.15, -0.1) is 0 Å². The highest BCUT2D eigenvalue weighted by molar-refractivity contribution is 5.95. The highest BCUT2D eigenvalue weighted by atomic mass is 16.5. The van der Waals surface area contributed by atoms with Gasteiger partial charge >= 0.3 is 0 Å². The number of benzene rings is 1. The van der Waals surface area contributed by atoms with E-state index in [1.807, 2.05) is 57.2 Å². The number of amides is 1. The third-order valence-corrected chi connectivity index (χ3v) is 6.43. The fourth-order valence-corrected chi connectivity index (χ4v) is 4.73. The minimum absolute atomic E-state index is 0.0248. The molecule has 2 aromatic heterocycles. The molecule has 1 saturated heterocycles. The lowest BCUT2D eigenvalue weighted by atomic mass is 9.93. The maximum absolute atomic E-state index is 13.5. The Bertz CT molecular complexity index is 1190. The van der Waals surface area contributed by atoms with E-state index in [2.05, 4.69) is 27.0 Å². The number of hydrogen-bond acceptors (Lipinski definition) is 4. The largest absolute Gasteiger partial charge is 0.375 e. The van der Waals surface area contributed by atoms with Gasteiger partial charge in [-0.3, -0.25) is 14.6 Å². The second kappa shape index (κ2) is 10.3. The Balaban J connectivity index is 1.70. The molecule has 0 unspecified atom stereocenters. The minimum atomic E-state index is -0.300. The lowest BCUT2D eigenvalue weighted by Crippen LogP contribution is -2.47. The van der Waals surface area contributed by atoms with Crippen LogP contribution in [0.3, 0.4) is 0 Å². The highest BCUT2D eigenvalue weighted by Gasteiger charge is 2.31. The predicted molar refractivity (Wildman–Crippen MR) is 133 cm³/mol. The van der Waals surface area contributed by atoms with E-state index in [0.717, 1.165) is 29.9 Å². The number of aromatic nitrogens is 2.